The lowest BCUT2D eigenvalue weighted by Crippen LogP contribution is -2.37. The number of aryl methyl sites for hydroxylation is 1. The molecule has 0 saturated heterocycles. The van der Waals surface area contributed by atoms with E-state index in [1.165, 1.54) is 16.3 Å². The van der Waals surface area contributed by atoms with Crippen LogP contribution in [-0.4, -0.2) is 39.9 Å². The van der Waals surface area contributed by atoms with E-state index in [-0.39, 0.29) is 23.5 Å². The third-order valence-electron chi connectivity index (χ3n) is 4.28. The van der Waals surface area contributed by atoms with Crippen LogP contribution in [0.4, 0.5) is 5.82 Å². The maximum absolute atomic E-state index is 12.6. The van der Waals surface area contributed by atoms with Gasteiger partial charge in [0, 0.05) is 5.75 Å². The van der Waals surface area contributed by atoms with Crippen molar-refractivity contribution in [3.63, 3.8) is 0 Å². The predicted octanol–water partition coefficient (Wildman–Crippen LogP) is 2.10. The van der Waals surface area contributed by atoms with Crippen LogP contribution in [0.5, 0.6) is 0 Å². The number of hydrogen-bond acceptors (Lipinski definition) is 7. The fourth-order valence-electron chi connectivity index (χ4n) is 2.77. The van der Waals surface area contributed by atoms with Crippen molar-refractivity contribution in [3.05, 3.63) is 56.1 Å². The van der Waals surface area contributed by atoms with Crippen LogP contribution in [0.25, 0.3) is 11.2 Å². The maximum atomic E-state index is 12.6. The fourth-order valence-corrected chi connectivity index (χ4v) is 4.19. The van der Waals surface area contributed by atoms with Gasteiger partial charge in [0.1, 0.15) is 5.52 Å². The number of hydrogen-bond donors (Lipinski definition) is 2. The molecule has 0 saturated carbocycles. The van der Waals surface area contributed by atoms with Crippen LogP contribution in [-0.2, 0) is 16.6 Å². The molecule has 0 spiro atoms. The van der Waals surface area contributed by atoms with Crippen molar-refractivity contribution in [2.45, 2.75) is 38.4 Å². The number of sulfonamides is 1. The van der Waals surface area contributed by atoms with Crippen LogP contribution < -0.4 is 15.8 Å². The number of fused-ring (bicyclic) bond motifs is 1. The van der Waals surface area contributed by atoms with Gasteiger partial charge in [0.15, 0.2) is 16.6 Å². The summed E-state index contributed by atoms with van der Waals surface area (Å²) in [4.78, 5) is 36.1. The second-order valence-corrected chi connectivity index (χ2v) is 9.77. The highest BCUT2D eigenvalue weighted by Crippen LogP contribution is 2.23. The zero-order valence-corrected chi connectivity index (χ0v) is 18.6. The highest BCUT2D eigenvalue weighted by Gasteiger charge is 2.18. The Labute approximate surface area is 178 Å². The minimum Gasteiger partial charge on any atom is -0.311 e. The molecular weight excluding hydrogens is 426 g/mol. The normalized spacial score (nSPS) is 11.7. The van der Waals surface area contributed by atoms with E-state index >= 15 is 0 Å². The molecule has 2 N–H and O–H groups in total. The van der Waals surface area contributed by atoms with Crippen LogP contribution in [0.3, 0.4) is 0 Å². The number of rotatable bonds is 8. The van der Waals surface area contributed by atoms with E-state index in [4.69, 9.17) is 0 Å². The Kier molecular flexibility index (Phi) is 6.61. The fraction of sp³-hybridized carbons (Fsp3) is 0.368. The topological polar surface area (TPSA) is 127 Å². The molecule has 0 radical (unpaired) electrons. The summed E-state index contributed by atoms with van der Waals surface area (Å²) in [6.45, 7) is 4.13. The molecule has 9 nitrogen and oxygen atoms in total. The van der Waals surface area contributed by atoms with Gasteiger partial charge >= 0.3 is 11.1 Å². The van der Waals surface area contributed by atoms with Crippen LogP contribution >= 0.6 is 11.8 Å². The first-order valence-corrected chi connectivity index (χ1v) is 12.3. The molecule has 3 aromatic rings. The van der Waals surface area contributed by atoms with Gasteiger partial charge in [-0.05, 0) is 18.9 Å². The molecule has 0 aliphatic rings. The Morgan fingerprint density at radius 3 is 2.50 bits per heavy atom. The molecule has 160 valence electrons. The quantitative estimate of drug-likeness (QED) is 0.233. The summed E-state index contributed by atoms with van der Waals surface area (Å²) in [5.74, 6) is 0.683. The van der Waals surface area contributed by atoms with Crippen LogP contribution in [0.2, 0.25) is 0 Å². The molecule has 1 aromatic carbocycles. The Bertz CT molecular complexity index is 1280. The first-order chi connectivity index (χ1) is 14.2. The number of anilines is 1. The largest absolute Gasteiger partial charge is 0.318 e. The Hall–Kier alpha value is -2.66. The van der Waals surface area contributed by atoms with Gasteiger partial charge in [-0.3, -0.25) is 18.9 Å². The second-order valence-electron chi connectivity index (χ2n) is 6.96. The molecule has 2 heterocycles. The SMILES string of the molecule is CCCCSc1nc(NS(C)(=O)=O)c2[nH]c(=O)c(=O)n(Cc3ccc(C)cc3)c2n1. The maximum Gasteiger partial charge on any atom is 0.318 e. The average Bonchev–Trinajstić information content (AvgIpc) is 2.67. The molecule has 30 heavy (non-hydrogen) atoms. The number of aromatic nitrogens is 4. The summed E-state index contributed by atoms with van der Waals surface area (Å²) < 4.78 is 27.2. The van der Waals surface area contributed by atoms with Crippen molar-refractivity contribution in [2.24, 2.45) is 0 Å². The minimum absolute atomic E-state index is 0.0590. The number of aromatic amines is 1. The summed E-state index contributed by atoms with van der Waals surface area (Å²) in [5, 5.41) is 0.325. The van der Waals surface area contributed by atoms with E-state index in [1.807, 2.05) is 31.2 Å². The van der Waals surface area contributed by atoms with Crippen molar-refractivity contribution in [3.8, 4) is 0 Å². The molecule has 3 rings (SSSR count). The molecule has 2 aromatic heterocycles. The van der Waals surface area contributed by atoms with Gasteiger partial charge in [0.25, 0.3) is 0 Å². The highest BCUT2D eigenvalue weighted by atomic mass is 32.2. The van der Waals surface area contributed by atoms with Gasteiger partial charge in [-0.1, -0.05) is 54.9 Å². The van der Waals surface area contributed by atoms with Gasteiger partial charge in [0.2, 0.25) is 10.0 Å². The summed E-state index contributed by atoms with van der Waals surface area (Å²) in [6.07, 6.45) is 2.91. The second kappa shape index (κ2) is 9.00. The van der Waals surface area contributed by atoms with Gasteiger partial charge < -0.3 is 4.98 Å². The number of benzene rings is 1. The molecule has 0 bridgehead atoms. The van der Waals surface area contributed by atoms with Crippen molar-refractivity contribution in [1.29, 1.82) is 0 Å². The lowest BCUT2D eigenvalue weighted by molar-refractivity contribution is 0.606. The molecule has 0 aliphatic carbocycles. The van der Waals surface area contributed by atoms with E-state index < -0.39 is 21.1 Å². The molecule has 0 fully saturated rings. The summed E-state index contributed by atoms with van der Waals surface area (Å²) >= 11 is 1.36. The Balaban J connectivity index is 2.22. The first-order valence-electron chi connectivity index (χ1n) is 9.39. The predicted molar refractivity (Wildman–Crippen MR) is 119 cm³/mol. The third-order valence-corrected chi connectivity index (χ3v) is 5.77. The molecule has 11 heteroatoms. The highest BCUT2D eigenvalue weighted by molar-refractivity contribution is 7.99. The van der Waals surface area contributed by atoms with Gasteiger partial charge in [-0.25, -0.2) is 18.4 Å². The van der Waals surface area contributed by atoms with E-state index in [9.17, 15) is 18.0 Å². The summed E-state index contributed by atoms with van der Waals surface area (Å²) in [6, 6.07) is 7.55. The number of thioether (sulfide) groups is 1. The summed E-state index contributed by atoms with van der Waals surface area (Å²) in [7, 11) is -3.67. The Morgan fingerprint density at radius 2 is 1.87 bits per heavy atom. The molecular formula is C19H23N5O4S2. The van der Waals surface area contributed by atoms with Crippen LogP contribution in [0, 0.1) is 6.92 Å². The zero-order chi connectivity index (χ0) is 21.9. The molecule has 0 unspecified atom stereocenters. The van der Waals surface area contributed by atoms with E-state index in [2.05, 4.69) is 26.6 Å². The summed E-state index contributed by atoms with van der Waals surface area (Å²) in [5.41, 5.74) is 0.472. The minimum atomic E-state index is -3.67. The van der Waals surface area contributed by atoms with Crippen molar-refractivity contribution < 1.29 is 8.42 Å². The smallest absolute Gasteiger partial charge is 0.311 e. The first kappa shape index (κ1) is 22.0. The number of unbranched alkanes of at least 4 members (excludes halogenated alkanes) is 1. The standard InChI is InChI=1S/C19H23N5O4S2/c1-4-5-10-29-19-21-15(23-30(3,27)28)14-16(22-19)24(18(26)17(25)20-14)11-13-8-6-12(2)7-9-13/h6-9H,4-5,10-11H2,1-3H3,(H,20,25)(H,21,22,23). The molecule has 0 aliphatic heterocycles. The van der Waals surface area contributed by atoms with Gasteiger partial charge in [0.05, 0.1) is 12.8 Å². The van der Waals surface area contributed by atoms with Crippen molar-refractivity contribution >= 4 is 38.8 Å². The number of H-pyrrole nitrogens is 1. The monoisotopic (exact) mass is 449 g/mol. The molecule has 0 atom stereocenters. The van der Waals surface area contributed by atoms with Crippen molar-refractivity contribution in [2.75, 3.05) is 16.7 Å². The zero-order valence-electron chi connectivity index (χ0n) is 16.9. The Morgan fingerprint density at radius 1 is 1.17 bits per heavy atom. The van der Waals surface area contributed by atoms with Crippen LogP contribution in [0.15, 0.2) is 39.0 Å². The third kappa shape index (κ3) is 5.28. The average molecular weight is 450 g/mol. The number of nitrogens with one attached hydrogen (secondary N) is 2. The number of nitrogens with zero attached hydrogens (tertiary/aromatic N) is 3. The van der Waals surface area contributed by atoms with E-state index in [1.54, 1.807) is 0 Å². The lowest BCUT2D eigenvalue weighted by Gasteiger charge is -2.13. The van der Waals surface area contributed by atoms with E-state index in [0.29, 0.717) is 5.16 Å². The lowest BCUT2D eigenvalue weighted by atomic mass is 10.1. The van der Waals surface area contributed by atoms with Crippen LogP contribution in [0.1, 0.15) is 30.9 Å². The van der Waals surface area contributed by atoms with Gasteiger partial charge in [-0.15, -0.1) is 0 Å². The van der Waals surface area contributed by atoms with E-state index in [0.717, 1.165) is 36.0 Å². The van der Waals surface area contributed by atoms with Crippen molar-refractivity contribution in [1.82, 2.24) is 19.5 Å². The van der Waals surface area contributed by atoms with Gasteiger partial charge in [-0.2, -0.15) is 0 Å². The molecule has 0 amide bonds.